The van der Waals surface area contributed by atoms with Gasteiger partial charge in [-0.05, 0) is 51.1 Å². The number of nitrogens with zero attached hydrogens (tertiary/aromatic N) is 1. The van der Waals surface area contributed by atoms with Gasteiger partial charge in [0, 0.05) is 13.1 Å². The molecule has 0 radical (unpaired) electrons. The van der Waals surface area contributed by atoms with Gasteiger partial charge in [0.1, 0.15) is 5.82 Å². The topological polar surface area (TPSA) is 41.3 Å². The Hall–Kier alpha value is -0.620. The second-order valence-corrected chi connectivity index (χ2v) is 5.23. The maximum absolute atomic E-state index is 12.9. The minimum atomic E-state index is -0.161. The lowest BCUT2D eigenvalue weighted by Gasteiger charge is -2.07. The summed E-state index contributed by atoms with van der Waals surface area (Å²) in [4.78, 5) is 0.664. The Morgan fingerprint density at radius 3 is 2.44 bits per heavy atom. The van der Waals surface area contributed by atoms with E-state index < -0.39 is 0 Å². The van der Waals surface area contributed by atoms with Crippen LogP contribution in [0.1, 0.15) is 13.3 Å². The van der Waals surface area contributed by atoms with E-state index in [4.69, 9.17) is 5.73 Å². The molecule has 0 saturated heterocycles. The Bertz CT molecular complexity index is 304. The highest BCUT2D eigenvalue weighted by atomic mass is 32.2. The first kappa shape index (κ1) is 17.4. The molecule has 0 aliphatic rings. The largest absolute Gasteiger partial charge is 0.329 e. The van der Waals surface area contributed by atoms with Gasteiger partial charge >= 0.3 is 0 Å². The summed E-state index contributed by atoms with van der Waals surface area (Å²) < 4.78 is 14.8. The van der Waals surface area contributed by atoms with Crippen molar-refractivity contribution in [2.24, 2.45) is 5.73 Å². The summed E-state index contributed by atoms with van der Waals surface area (Å²) >= 11 is 1.38. The maximum atomic E-state index is 12.9. The number of halogens is 1. The molecule has 0 bridgehead atoms. The van der Waals surface area contributed by atoms with E-state index in [0.29, 0.717) is 4.90 Å². The van der Waals surface area contributed by atoms with E-state index in [9.17, 15) is 4.39 Å². The van der Waals surface area contributed by atoms with Gasteiger partial charge in [-0.3, -0.25) is 4.31 Å². The summed E-state index contributed by atoms with van der Waals surface area (Å²) in [6.45, 7) is 4.94. The van der Waals surface area contributed by atoms with Gasteiger partial charge in [-0.15, -0.1) is 0 Å². The van der Waals surface area contributed by atoms with Crippen LogP contribution in [0.2, 0.25) is 0 Å². The fourth-order valence-corrected chi connectivity index (χ4v) is 1.81. The van der Waals surface area contributed by atoms with Crippen LogP contribution in [0.5, 0.6) is 0 Å². The number of hydrogen-bond acceptors (Lipinski definition) is 4. The molecule has 1 rings (SSSR count). The third-order valence-corrected chi connectivity index (χ3v) is 2.76. The van der Waals surface area contributed by atoms with Gasteiger partial charge < -0.3 is 11.1 Å². The molecule has 3 nitrogen and oxygen atoms in total. The van der Waals surface area contributed by atoms with Gasteiger partial charge in [-0.1, -0.05) is 19.1 Å². The van der Waals surface area contributed by atoms with Crippen molar-refractivity contribution in [1.29, 1.82) is 0 Å². The summed E-state index contributed by atoms with van der Waals surface area (Å²) in [5.41, 5.74) is 5.21. The van der Waals surface area contributed by atoms with Gasteiger partial charge in [0.05, 0.1) is 4.90 Å². The first-order chi connectivity index (χ1) is 8.61. The molecule has 104 valence electrons. The van der Waals surface area contributed by atoms with Crippen LogP contribution in [0, 0.1) is 5.82 Å². The lowest BCUT2D eigenvalue weighted by molar-refractivity contribution is 0.597. The zero-order valence-electron chi connectivity index (χ0n) is 11.4. The van der Waals surface area contributed by atoms with Gasteiger partial charge in [0.25, 0.3) is 0 Å². The number of benzene rings is 1. The van der Waals surface area contributed by atoms with Crippen molar-refractivity contribution in [2.75, 3.05) is 33.7 Å². The Morgan fingerprint density at radius 2 is 1.94 bits per heavy atom. The number of nitrogens with two attached hydrogens (primary N) is 1. The quantitative estimate of drug-likeness (QED) is 0.616. The normalized spacial score (nSPS) is 10.1. The fourth-order valence-electron chi connectivity index (χ4n) is 1.12. The average Bonchev–Trinajstić information content (AvgIpc) is 2.33. The van der Waals surface area contributed by atoms with E-state index in [1.54, 1.807) is 12.1 Å². The average molecular weight is 273 g/mol. The molecule has 0 saturated carbocycles. The minimum Gasteiger partial charge on any atom is -0.329 e. The van der Waals surface area contributed by atoms with Gasteiger partial charge in [-0.25, -0.2) is 4.39 Å². The van der Waals surface area contributed by atoms with E-state index in [1.165, 1.54) is 24.4 Å². The zero-order chi connectivity index (χ0) is 13.8. The van der Waals surface area contributed by atoms with Crippen molar-refractivity contribution in [2.45, 2.75) is 18.2 Å². The molecule has 0 unspecified atom stereocenters. The van der Waals surface area contributed by atoms with E-state index >= 15 is 0 Å². The molecular formula is C13H24FN3S. The highest BCUT2D eigenvalue weighted by Crippen LogP contribution is 2.21. The fraction of sp³-hybridized carbons (Fsp3) is 0.538. The highest BCUT2D eigenvalue weighted by Gasteiger charge is 2.01. The van der Waals surface area contributed by atoms with Gasteiger partial charge in [0.2, 0.25) is 0 Å². The molecule has 0 atom stereocenters. The lowest BCUT2D eigenvalue weighted by atomic mass is 10.4. The Morgan fingerprint density at radius 1 is 1.28 bits per heavy atom. The molecule has 0 aliphatic heterocycles. The van der Waals surface area contributed by atoms with Crippen LogP contribution < -0.4 is 11.1 Å². The number of hydrogen-bond donors (Lipinski definition) is 2. The van der Waals surface area contributed by atoms with Crippen molar-refractivity contribution in [3.63, 3.8) is 0 Å². The lowest BCUT2D eigenvalue weighted by Crippen LogP contribution is -2.22. The van der Waals surface area contributed by atoms with Crippen molar-refractivity contribution in [1.82, 2.24) is 9.62 Å². The molecule has 3 N–H and O–H groups in total. The molecule has 0 fully saturated rings. The third kappa shape index (κ3) is 9.41. The van der Waals surface area contributed by atoms with E-state index in [1.807, 2.05) is 24.5 Å². The maximum Gasteiger partial charge on any atom is 0.138 e. The smallest absolute Gasteiger partial charge is 0.138 e. The monoisotopic (exact) mass is 273 g/mol. The van der Waals surface area contributed by atoms with Gasteiger partial charge in [-0.2, -0.15) is 0 Å². The van der Waals surface area contributed by atoms with E-state index in [-0.39, 0.29) is 5.82 Å². The second kappa shape index (κ2) is 11.5. The van der Waals surface area contributed by atoms with Crippen molar-refractivity contribution < 1.29 is 4.39 Å². The molecular weight excluding hydrogens is 249 g/mol. The summed E-state index contributed by atoms with van der Waals surface area (Å²) in [5.74, 6) is -0.161. The molecule has 5 heteroatoms. The van der Waals surface area contributed by atoms with Crippen LogP contribution in [0.4, 0.5) is 4.39 Å². The van der Waals surface area contributed by atoms with Crippen LogP contribution >= 0.6 is 11.9 Å². The SMILES string of the molecule is CCCNCCN.CN(C)Sc1ccccc1F. The molecule has 0 heterocycles. The minimum absolute atomic E-state index is 0.161. The predicted molar refractivity (Wildman–Crippen MR) is 78.2 cm³/mol. The molecule has 0 spiro atoms. The standard InChI is InChI=1S/C8H10FNS.C5H14N2/c1-10(2)11-8-6-4-3-5-7(8)9;1-2-4-7-5-3-6/h3-6H,1-2H3;7H,2-6H2,1H3. The van der Waals surface area contributed by atoms with Crippen LogP contribution in [0.3, 0.4) is 0 Å². The van der Waals surface area contributed by atoms with Crippen molar-refractivity contribution in [3.8, 4) is 0 Å². The Kier molecular flexibility index (Phi) is 11.1. The summed E-state index contributed by atoms with van der Waals surface area (Å²) in [6.07, 6.45) is 1.19. The number of rotatable bonds is 6. The molecule has 0 aliphatic carbocycles. The van der Waals surface area contributed by atoms with Crippen molar-refractivity contribution in [3.05, 3.63) is 30.1 Å². The van der Waals surface area contributed by atoms with Crippen LogP contribution in [-0.2, 0) is 0 Å². The van der Waals surface area contributed by atoms with Crippen LogP contribution in [0.15, 0.2) is 29.2 Å². The summed E-state index contributed by atoms with van der Waals surface area (Å²) in [7, 11) is 3.77. The second-order valence-electron chi connectivity index (χ2n) is 3.87. The van der Waals surface area contributed by atoms with Crippen LogP contribution in [0.25, 0.3) is 0 Å². The zero-order valence-corrected chi connectivity index (χ0v) is 12.3. The molecule has 1 aromatic rings. The Balaban J connectivity index is 0.000000360. The molecule has 18 heavy (non-hydrogen) atoms. The third-order valence-electron chi connectivity index (χ3n) is 1.87. The highest BCUT2D eigenvalue weighted by molar-refractivity contribution is 7.97. The molecule has 0 amide bonds. The molecule has 1 aromatic carbocycles. The Labute approximate surface area is 114 Å². The van der Waals surface area contributed by atoms with E-state index in [2.05, 4.69) is 12.2 Å². The van der Waals surface area contributed by atoms with E-state index in [0.717, 1.165) is 19.6 Å². The number of nitrogens with one attached hydrogen (secondary N) is 1. The summed E-state index contributed by atoms with van der Waals surface area (Å²) in [5, 5.41) is 3.16. The van der Waals surface area contributed by atoms with Crippen LogP contribution in [-0.4, -0.2) is 38.0 Å². The van der Waals surface area contributed by atoms with Gasteiger partial charge in [0.15, 0.2) is 0 Å². The predicted octanol–water partition coefficient (Wildman–Crippen LogP) is 2.34. The van der Waals surface area contributed by atoms with Crippen molar-refractivity contribution >= 4 is 11.9 Å². The first-order valence-corrected chi connectivity index (χ1v) is 6.89. The first-order valence-electron chi connectivity index (χ1n) is 6.12. The summed E-state index contributed by atoms with van der Waals surface area (Å²) in [6, 6.07) is 6.75. The molecule has 0 aromatic heterocycles.